The van der Waals surface area contributed by atoms with Crippen LogP contribution in [0.5, 0.6) is 0 Å². The molecule has 0 radical (unpaired) electrons. The normalized spacial score (nSPS) is 10.3. The van der Waals surface area contributed by atoms with Gasteiger partial charge in [-0.2, -0.15) is 0 Å². The second kappa shape index (κ2) is 4.93. The zero-order valence-electron chi connectivity index (χ0n) is 9.55. The monoisotopic (exact) mass is 355 g/mol. The molecule has 1 aromatic carbocycles. The molecule has 2 aromatic rings. The zero-order chi connectivity index (χ0) is 13.3. The summed E-state index contributed by atoms with van der Waals surface area (Å²) in [6.45, 7) is 1.90. The Morgan fingerprint density at radius 2 is 2.00 bits per heavy atom. The quantitative estimate of drug-likeness (QED) is 0.842. The molecule has 92 valence electrons. The van der Waals surface area contributed by atoms with Crippen molar-refractivity contribution < 1.29 is 9.90 Å². The highest BCUT2D eigenvalue weighted by Gasteiger charge is 2.09. The Balaban J connectivity index is 2.70. The largest absolute Gasteiger partial charge is 0.478 e. The van der Waals surface area contributed by atoms with Crippen molar-refractivity contribution in [1.29, 1.82) is 0 Å². The van der Waals surface area contributed by atoms with Crippen LogP contribution in [0.15, 0.2) is 41.3 Å². The second-order valence-electron chi connectivity index (χ2n) is 3.82. The first-order chi connectivity index (χ1) is 8.50. The Hall–Kier alpha value is -1.63. The van der Waals surface area contributed by atoms with Crippen molar-refractivity contribution in [1.82, 2.24) is 4.57 Å². The molecule has 1 N–H and O–H groups in total. The van der Waals surface area contributed by atoms with E-state index in [4.69, 9.17) is 5.11 Å². The summed E-state index contributed by atoms with van der Waals surface area (Å²) >= 11 is 2.18. The number of halogens is 1. The fourth-order valence-electron chi connectivity index (χ4n) is 1.66. The van der Waals surface area contributed by atoms with Crippen LogP contribution in [0.4, 0.5) is 0 Å². The van der Waals surface area contributed by atoms with E-state index >= 15 is 0 Å². The Morgan fingerprint density at radius 3 is 2.67 bits per heavy atom. The van der Waals surface area contributed by atoms with E-state index in [1.165, 1.54) is 22.9 Å². The molecule has 0 aliphatic rings. The van der Waals surface area contributed by atoms with Gasteiger partial charge in [0.2, 0.25) is 0 Å². The lowest BCUT2D eigenvalue weighted by atomic mass is 10.2. The lowest BCUT2D eigenvalue weighted by Crippen LogP contribution is -2.19. The van der Waals surface area contributed by atoms with Gasteiger partial charge in [-0.25, -0.2) is 4.79 Å². The topological polar surface area (TPSA) is 59.3 Å². The minimum absolute atomic E-state index is 0.0906. The first-order valence-electron chi connectivity index (χ1n) is 5.22. The number of carboxylic acids is 1. The maximum Gasteiger partial charge on any atom is 0.337 e. The average molecular weight is 355 g/mol. The molecule has 0 spiro atoms. The third kappa shape index (κ3) is 2.31. The SMILES string of the molecule is Cc1c(I)cccc1-n1cc(C(=O)O)ccc1=O. The molecule has 0 fully saturated rings. The molecular formula is C13H10INO3. The van der Waals surface area contributed by atoms with Gasteiger partial charge >= 0.3 is 5.97 Å². The number of pyridine rings is 1. The van der Waals surface area contributed by atoms with E-state index < -0.39 is 5.97 Å². The van der Waals surface area contributed by atoms with Crippen LogP contribution in [-0.4, -0.2) is 15.6 Å². The van der Waals surface area contributed by atoms with Gasteiger partial charge in [-0.15, -0.1) is 0 Å². The lowest BCUT2D eigenvalue weighted by molar-refractivity contribution is 0.0696. The van der Waals surface area contributed by atoms with Crippen molar-refractivity contribution in [3.63, 3.8) is 0 Å². The molecule has 1 aromatic heterocycles. The molecule has 0 aliphatic heterocycles. The number of hydrogen-bond acceptors (Lipinski definition) is 2. The van der Waals surface area contributed by atoms with E-state index in [1.807, 2.05) is 19.1 Å². The Labute approximate surface area is 117 Å². The number of aromatic nitrogens is 1. The smallest absolute Gasteiger partial charge is 0.337 e. The van der Waals surface area contributed by atoms with Crippen LogP contribution in [0.1, 0.15) is 15.9 Å². The van der Waals surface area contributed by atoms with Crippen molar-refractivity contribution in [2.45, 2.75) is 6.92 Å². The number of benzene rings is 1. The number of carboxylic acid groups (broad SMARTS) is 1. The van der Waals surface area contributed by atoms with Crippen molar-refractivity contribution in [3.8, 4) is 5.69 Å². The molecule has 2 rings (SSSR count). The van der Waals surface area contributed by atoms with E-state index in [-0.39, 0.29) is 11.1 Å². The number of nitrogens with zero attached hydrogens (tertiary/aromatic N) is 1. The minimum atomic E-state index is -1.05. The lowest BCUT2D eigenvalue weighted by Gasteiger charge is -2.10. The second-order valence-corrected chi connectivity index (χ2v) is 4.98. The third-order valence-electron chi connectivity index (χ3n) is 2.66. The fraction of sp³-hybridized carbons (Fsp3) is 0.0769. The first-order valence-corrected chi connectivity index (χ1v) is 6.30. The summed E-state index contributed by atoms with van der Waals surface area (Å²) in [5, 5.41) is 8.95. The van der Waals surface area contributed by atoms with E-state index in [1.54, 1.807) is 6.07 Å². The van der Waals surface area contributed by atoms with Gasteiger partial charge < -0.3 is 5.11 Å². The molecule has 0 unspecified atom stereocenters. The molecule has 0 amide bonds. The molecule has 0 aliphatic carbocycles. The van der Waals surface area contributed by atoms with Crippen LogP contribution < -0.4 is 5.56 Å². The van der Waals surface area contributed by atoms with Crippen molar-refractivity contribution >= 4 is 28.6 Å². The van der Waals surface area contributed by atoms with Gasteiger partial charge in [0, 0.05) is 15.8 Å². The van der Waals surface area contributed by atoms with Gasteiger partial charge in [0.25, 0.3) is 5.56 Å². The standard InChI is InChI=1S/C13H10INO3/c1-8-10(14)3-2-4-11(8)15-7-9(13(17)18)5-6-12(15)16/h2-7H,1H3,(H,17,18). The van der Waals surface area contributed by atoms with Gasteiger partial charge in [-0.05, 0) is 53.3 Å². The van der Waals surface area contributed by atoms with Gasteiger partial charge in [-0.3, -0.25) is 9.36 Å². The van der Waals surface area contributed by atoms with Crippen LogP contribution in [0, 0.1) is 10.5 Å². The molecular weight excluding hydrogens is 345 g/mol. The van der Waals surface area contributed by atoms with E-state index in [9.17, 15) is 9.59 Å². The van der Waals surface area contributed by atoms with Crippen LogP contribution in [0.25, 0.3) is 5.69 Å². The number of aromatic carboxylic acids is 1. The number of rotatable bonds is 2. The number of carbonyl (C=O) groups is 1. The predicted octanol–water partition coefficient (Wildman–Crippen LogP) is 2.45. The molecule has 4 nitrogen and oxygen atoms in total. The third-order valence-corrected chi connectivity index (χ3v) is 3.83. The molecule has 0 atom stereocenters. The summed E-state index contributed by atoms with van der Waals surface area (Å²) in [6.07, 6.45) is 1.35. The van der Waals surface area contributed by atoms with Crippen molar-refractivity contribution in [2.24, 2.45) is 0 Å². The van der Waals surface area contributed by atoms with Crippen LogP contribution in [0.2, 0.25) is 0 Å². The first kappa shape index (κ1) is 12.8. The maximum atomic E-state index is 11.8. The van der Waals surface area contributed by atoms with Crippen LogP contribution in [-0.2, 0) is 0 Å². The average Bonchev–Trinajstić information content (AvgIpc) is 2.33. The highest BCUT2D eigenvalue weighted by Crippen LogP contribution is 2.18. The van der Waals surface area contributed by atoms with Gasteiger partial charge in [0.15, 0.2) is 0 Å². The predicted molar refractivity (Wildman–Crippen MR) is 76.5 cm³/mol. The minimum Gasteiger partial charge on any atom is -0.478 e. The summed E-state index contributed by atoms with van der Waals surface area (Å²) < 4.78 is 2.39. The summed E-state index contributed by atoms with van der Waals surface area (Å²) in [7, 11) is 0. The molecule has 5 heteroatoms. The molecule has 0 bridgehead atoms. The van der Waals surface area contributed by atoms with E-state index in [0.29, 0.717) is 5.69 Å². The summed E-state index contributed by atoms with van der Waals surface area (Å²) in [5.74, 6) is -1.05. The van der Waals surface area contributed by atoms with Crippen LogP contribution in [0.3, 0.4) is 0 Å². The Morgan fingerprint density at radius 1 is 1.28 bits per heavy atom. The molecule has 1 heterocycles. The molecule has 18 heavy (non-hydrogen) atoms. The van der Waals surface area contributed by atoms with E-state index in [0.717, 1.165) is 9.13 Å². The zero-order valence-corrected chi connectivity index (χ0v) is 11.7. The molecule has 0 saturated carbocycles. The number of hydrogen-bond donors (Lipinski definition) is 1. The Bertz CT molecular complexity index is 676. The highest BCUT2D eigenvalue weighted by atomic mass is 127. The van der Waals surface area contributed by atoms with Crippen molar-refractivity contribution in [3.05, 3.63) is 61.6 Å². The molecule has 0 saturated heterocycles. The fourth-order valence-corrected chi connectivity index (χ4v) is 2.14. The van der Waals surface area contributed by atoms with E-state index in [2.05, 4.69) is 22.6 Å². The summed E-state index contributed by atoms with van der Waals surface area (Å²) in [6, 6.07) is 8.15. The highest BCUT2D eigenvalue weighted by molar-refractivity contribution is 14.1. The van der Waals surface area contributed by atoms with Gasteiger partial charge in [-0.1, -0.05) is 6.07 Å². The van der Waals surface area contributed by atoms with Gasteiger partial charge in [0.1, 0.15) is 0 Å². The summed E-state index contributed by atoms with van der Waals surface area (Å²) in [5.41, 5.74) is 1.50. The Kier molecular flexibility index (Phi) is 3.51. The maximum absolute atomic E-state index is 11.8. The van der Waals surface area contributed by atoms with Gasteiger partial charge in [0.05, 0.1) is 11.3 Å². The summed E-state index contributed by atoms with van der Waals surface area (Å²) in [4.78, 5) is 22.8. The van der Waals surface area contributed by atoms with Crippen molar-refractivity contribution in [2.75, 3.05) is 0 Å². The van der Waals surface area contributed by atoms with Crippen LogP contribution >= 0.6 is 22.6 Å².